The van der Waals surface area contributed by atoms with Crippen LogP contribution in [0.3, 0.4) is 0 Å². The molecule has 0 bridgehead atoms. The molecule has 0 radical (unpaired) electrons. The Labute approximate surface area is 152 Å². The van der Waals surface area contributed by atoms with Crippen molar-refractivity contribution in [2.45, 2.75) is 20.4 Å². The molecule has 1 aliphatic rings. The van der Waals surface area contributed by atoms with Gasteiger partial charge in [-0.2, -0.15) is 0 Å². The zero-order valence-electron chi connectivity index (χ0n) is 14.5. The van der Waals surface area contributed by atoms with Crippen LogP contribution < -0.4 is 9.47 Å². The van der Waals surface area contributed by atoms with Gasteiger partial charge in [0.2, 0.25) is 12.7 Å². The van der Waals surface area contributed by atoms with Crippen LogP contribution in [0.1, 0.15) is 22.3 Å². The van der Waals surface area contributed by atoms with Crippen LogP contribution in [0.2, 0.25) is 5.02 Å². The number of halogens is 1. The number of likely N-dealkylation sites (N-methyl/N-ethyl adjacent to an activating group) is 1. The quantitative estimate of drug-likeness (QED) is 0.763. The van der Waals surface area contributed by atoms with E-state index in [9.17, 15) is 4.79 Å². The van der Waals surface area contributed by atoms with Gasteiger partial charge in [-0.15, -0.1) is 0 Å². The van der Waals surface area contributed by atoms with Gasteiger partial charge in [-0.3, -0.25) is 4.79 Å². The SMILES string of the molecule is Cc1ccc(CN(C)C(=O)C=Cc2cc(Cl)c3c(c2)OCO3)c(C)c1. The number of amides is 1. The second-order valence-electron chi connectivity index (χ2n) is 6.19. The smallest absolute Gasteiger partial charge is 0.246 e. The second kappa shape index (κ2) is 7.19. The van der Waals surface area contributed by atoms with Crippen LogP contribution in [0.15, 0.2) is 36.4 Å². The van der Waals surface area contributed by atoms with E-state index in [1.165, 1.54) is 17.2 Å². The predicted octanol–water partition coefficient (Wildman–Crippen LogP) is 4.36. The number of ether oxygens (including phenoxy) is 2. The van der Waals surface area contributed by atoms with E-state index in [0.29, 0.717) is 23.1 Å². The molecular weight excluding hydrogens is 338 g/mol. The summed E-state index contributed by atoms with van der Waals surface area (Å²) in [5, 5.41) is 0.478. The molecule has 0 aromatic heterocycles. The van der Waals surface area contributed by atoms with Crippen molar-refractivity contribution in [3.05, 3.63) is 63.7 Å². The number of carbonyl (C=O) groups excluding carboxylic acids is 1. The van der Waals surface area contributed by atoms with E-state index in [1.807, 2.05) is 6.07 Å². The molecule has 3 rings (SSSR count). The number of rotatable bonds is 4. The number of carbonyl (C=O) groups is 1. The van der Waals surface area contributed by atoms with Crippen LogP contribution >= 0.6 is 11.6 Å². The topological polar surface area (TPSA) is 38.8 Å². The van der Waals surface area contributed by atoms with E-state index in [-0.39, 0.29) is 12.7 Å². The number of fused-ring (bicyclic) bond motifs is 1. The molecule has 2 aromatic carbocycles. The van der Waals surface area contributed by atoms with Crippen LogP contribution in [-0.4, -0.2) is 24.6 Å². The summed E-state index contributed by atoms with van der Waals surface area (Å²) in [7, 11) is 1.79. The van der Waals surface area contributed by atoms with Gasteiger partial charge in [0.05, 0.1) is 5.02 Å². The molecule has 1 aliphatic heterocycles. The van der Waals surface area contributed by atoms with Gasteiger partial charge in [0.25, 0.3) is 0 Å². The minimum absolute atomic E-state index is 0.0752. The van der Waals surface area contributed by atoms with Gasteiger partial charge >= 0.3 is 0 Å². The number of hydrogen-bond donors (Lipinski definition) is 0. The zero-order chi connectivity index (χ0) is 18.0. The van der Waals surface area contributed by atoms with Gasteiger partial charge in [-0.05, 0) is 48.7 Å². The highest BCUT2D eigenvalue weighted by Crippen LogP contribution is 2.40. The summed E-state index contributed by atoms with van der Waals surface area (Å²) < 4.78 is 10.6. The fraction of sp³-hybridized carbons (Fsp3) is 0.250. The van der Waals surface area contributed by atoms with E-state index >= 15 is 0 Å². The first-order valence-electron chi connectivity index (χ1n) is 8.02. The van der Waals surface area contributed by atoms with E-state index < -0.39 is 0 Å². The minimum Gasteiger partial charge on any atom is -0.454 e. The Morgan fingerprint density at radius 2 is 2.04 bits per heavy atom. The highest BCUT2D eigenvalue weighted by atomic mass is 35.5. The first-order chi connectivity index (χ1) is 11.9. The predicted molar refractivity (Wildman–Crippen MR) is 99.0 cm³/mol. The Bertz CT molecular complexity index is 845. The maximum absolute atomic E-state index is 12.4. The standard InChI is InChI=1S/C20H20ClNO3/c1-13-4-6-16(14(2)8-13)11-22(3)19(23)7-5-15-9-17(21)20-18(10-15)24-12-25-20/h4-10H,11-12H2,1-3H3. The third-order valence-corrected chi connectivity index (χ3v) is 4.43. The lowest BCUT2D eigenvalue weighted by atomic mass is 10.1. The Hall–Kier alpha value is -2.46. The molecule has 130 valence electrons. The molecule has 2 aromatic rings. The summed E-state index contributed by atoms with van der Waals surface area (Å²) in [5.41, 5.74) is 4.34. The molecule has 0 saturated carbocycles. The molecule has 1 heterocycles. The van der Waals surface area contributed by atoms with E-state index in [2.05, 4.69) is 32.0 Å². The Morgan fingerprint density at radius 1 is 1.24 bits per heavy atom. The zero-order valence-corrected chi connectivity index (χ0v) is 15.3. The van der Waals surface area contributed by atoms with Crippen molar-refractivity contribution in [2.75, 3.05) is 13.8 Å². The molecule has 0 unspecified atom stereocenters. The summed E-state index contributed by atoms with van der Waals surface area (Å²) in [6.07, 6.45) is 3.27. The highest BCUT2D eigenvalue weighted by Gasteiger charge is 2.17. The third-order valence-electron chi connectivity index (χ3n) is 4.15. The average Bonchev–Trinajstić information content (AvgIpc) is 3.04. The Morgan fingerprint density at radius 3 is 2.80 bits per heavy atom. The number of benzene rings is 2. The van der Waals surface area contributed by atoms with Gasteiger partial charge < -0.3 is 14.4 Å². The van der Waals surface area contributed by atoms with Crippen molar-refractivity contribution < 1.29 is 14.3 Å². The van der Waals surface area contributed by atoms with E-state index in [1.54, 1.807) is 24.1 Å². The van der Waals surface area contributed by atoms with Gasteiger partial charge in [-0.1, -0.05) is 35.4 Å². The van der Waals surface area contributed by atoms with Gasteiger partial charge in [0.15, 0.2) is 11.5 Å². The molecule has 0 fully saturated rings. The van der Waals surface area contributed by atoms with Crippen molar-refractivity contribution in [1.82, 2.24) is 4.90 Å². The molecule has 0 aliphatic carbocycles. The molecule has 4 nitrogen and oxygen atoms in total. The molecule has 0 N–H and O–H groups in total. The lowest BCUT2D eigenvalue weighted by Gasteiger charge is -2.17. The Kier molecular flexibility index (Phi) is 5.00. The molecular formula is C20H20ClNO3. The second-order valence-corrected chi connectivity index (χ2v) is 6.60. The molecule has 0 spiro atoms. The van der Waals surface area contributed by atoms with Crippen LogP contribution in [-0.2, 0) is 11.3 Å². The minimum atomic E-state index is -0.0752. The first-order valence-corrected chi connectivity index (χ1v) is 8.40. The van der Waals surface area contributed by atoms with Crippen LogP contribution in [0.25, 0.3) is 6.08 Å². The largest absolute Gasteiger partial charge is 0.454 e. The number of aryl methyl sites for hydroxylation is 2. The summed E-state index contributed by atoms with van der Waals surface area (Å²) in [6, 6.07) is 9.81. The lowest BCUT2D eigenvalue weighted by Crippen LogP contribution is -2.24. The fourth-order valence-corrected chi connectivity index (χ4v) is 3.01. The van der Waals surface area contributed by atoms with Gasteiger partial charge in [-0.25, -0.2) is 0 Å². The average molecular weight is 358 g/mol. The monoisotopic (exact) mass is 357 g/mol. The highest BCUT2D eigenvalue weighted by molar-refractivity contribution is 6.32. The molecule has 25 heavy (non-hydrogen) atoms. The van der Waals surface area contributed by atoms with E-state index in [0.717, 1.165) is 11.1 Å². The van der Waals surface area contributed by atoms with Crippen molar-refractivity contribution >= 4 is 23.6 Å². The van der Waals surface area contributed by atoms with Crippen molar-refractivity contribution in [3.63, 3.8) is 0 Å². The van der Waals surface area contributed by atoms with Crippen molar-refractivity contribution in [2.24, 2.45) is 0 Å². The molecule has 0 atom stereocenters. The number of hydrogen-bond acceptors (Lipinski definition) is 3. The van der Waals surface area contributed by atoms with Crippen LogP contribution in [0.5, 0.6) is 11.5 Å². The summed E-state index contributed by atoms with van der Waals surface area (Å²) in [6.45, 7) is 4.85. The first kappa shape index (κ1) is 17.4. The number of nitrogens with zero attached hydrogens (tertiary/aromatic N) is 1. The fourth-order valence-electron chi connectivity index (χ4n) is 2.73. The summed E-state index contributed by atoms with van der Waals surface area (Å²) >= 11 is 6.16. The summed E-state index contributed by atoms with van der Waals surface area (Å²) in [5.74, 6) is 1.08. The van der Waals surface area contributed by atoms with Crippen molar-refractivity contribution in [3.8, 4) is 11.5 Å². The maximum atomic E-state index is 12.4. The molecule has 5 heteroatoms. The van der Waals surface area contributed by atoms with Crippen molar-refractivity contribution in [1.29, 1.82) is 0 Å². The maximum Gasteiger partial charge on any atom is 0.246 e. The van der Waals surface area contributed by atoms with Gasteiger partial charge in [0, 0.05) is 19.7 Å². The van der Waals surface area contributed by atoms with Crippen LogP contribution in [0, 0.1) is 13.8 Å². The lowest BCUT2D eigenvalue weighted by molar-refractivity contribution is -0.125. The Balaban J connectivity index is 1.69. The van der Waals surface area contributed by atoms with Gasteiger partial charge in [0.1, 0.15) is 0 Å². The summed E-state index contributed by atoms with van der Waals surface area (Å²) in [4.78, 5) is 14.1. The van der Waals surface area contributed by atoms with E-state index in [4.69, 9.17) is 21.1 Å². The van der Waals surface area contributed by atoms with Crippen LogP contribution in [0.4, 0.5) is 0 Å². The molecule has 1 amide bonds. The normalized spacial score (nSPS) is 12.6. The molecule has 0 saturated heterocycles. The third kappa shape index (κ3) is 3.97.